The Hall–Kier alpha value is -1.20. The summed E-state index contributed by atoms with van der Waals surface area (Å²) in [7, 11) is 0. The number of amides is 2. The standard InChI is InChI=1S/C12H13ClN2O2S/c13-9-4-3-8(14)6-10(9)18-7-12(17)15-5-1-2-11(15)16/h3-4,6H,1-2,5,7,14H2. The molecule has 18 heavy (non-hydrogen) atoms. The van der Waals surface area contributed by atoms with Crippen molar-refractivity contribution in [1.82, 2.24) is 4.90 Å². The smallest absolute Gasteiger partial charge is 0.239 e. The van der Waals surface area contributed by atoms with E-state index >= 15 is 0 Å². The quantitative estimate of drug-likeness (QED) is 0.682. The van der Waals surface area contributed by atoms with Gasteiger partial charge in [0.25, 0.3) is 0 Å². The normalized spacial score (nSPS) is 15.2. The molecule has 2 N–H and O–H groups in total. The number of hydrogen-bond acceptors (Lipinski definition) is 4. The van der Waals surface area contributed by atoms with Gasteiger partial charge in [0, 0.05) is 23.5 Å². The highest BCUT2D eigenvalue weighted by Crippen LogP contribution is 2.29. The molecule has 1 fully saturated rings. The highest BCUT2D eigenvalue weighted by atomic mass is 35.5. The average Bonchev–Trinajstić information content (AvgIpc) is 2.76. The topological polar surface area (TPSA) is 63.4 Å². The number of imide groups is 1. The first-order valence-electron chi connectivity index (χ1n) is 5.59. The Morgan fingerprint density at radius 2 is 2.28 bits per heavy atom. The molecule has 96 valence electrons. The van der Waals surface area contributed by atoms with Crippen LogP contribution >= 0.6 is 23.4 Å². The molecule has 1 saturated heterocycles. The molecule has 1 aliphatic rings. The molecule has 6 heteroatoms. The summed E-state index contributed by atoms with van der Waals surface area (Å²) in [6.45, 7) is 0.531. The Labute approximate surface area is 114 Å². The zero-order valence-corrected chi connectivity index (χ0v) is 11.3. The number of nitrogen functional groups attached to an aromatic ring is 1. The van der Waals surface area contributed by atoms with E-state index in [9.17, 15) is 9.59 Å². The van der Waals surface area contributed by atoms with Gasteiger partial charge < -0.3 is 5.73 Å². The van der Waals surface area contributed by atoms with Gasteiger partial charge in [0.2, 0.25) is 11.8 Å². The second-order valence-electron chi connectivity index (χ2n) is 4.02. The Balaban J connectivity index is 1.97. The fourth-order valence-corrected chi connectivity index (χ4v) is 2.90. The molecule has 0 saturated carbocycles. The third-order valence-corrected chi connectivity index (χ3v) is 4.16. The number of nitrogens with two attached hydrogens (primary N) is 1. The third kappa shape index (κ3) is 2.97. The maximum atomic E-state index is 11.8. The second kappa shape index (κ2) is 5.63. The van der Waals surface area contributed by atoms with Crippen LogP contribution in [0.25, 0.3) is 0 Å². The molecule has 2 amide bonds. The van der Waals surface area contributed by atoms with E-state index in [0.717, 1.165) is 11.3 Å². The number of anilines is 1. The zero-order valence-electron chi connectivity index (χ0n) is 9.69. The lowest BCUT2D eigenvalue weighted by Gasteiger charge is -2.13. The molecule has 1 heterocycles. The summed E-state index contributed by atoms with van der Waals surface area (Å²) in [5.41, 5.74) is 6.26. The highest BCUT2D eigenvalue weighted by molar-refractivity contribution is 8.00. The van der Waals surface area contributed by atoms with Crippen LogP contribution in [0.15, 0.2) is 23.1 Å². The molecule has 0 spiro atoms. The van der Waals surface area contributed by atoms with Crippen molar-refractivity contribution in [3.63, 3.8) is 0 Å². The van der Waals surface area contributed by atoms with Crippen molar-refractivity contribution in [3.8, 4) is 0 Å². The molecule has 0 bridgehead atoms. The van der Waals surface area contributed by atoms with Crippen molar-refractivity contribution in [3.05, 3.63) is 23.2 Å². The number of carbonyl (C=O) groups is 2. The fourth-order valence-electron chi connectivity index (χ4n) is 1.76. The van der Waals surface area contributed by atoms with Crippen LogP contribution in [-0.2, 0) is 9.59 Å². The van der Waals surface area contributed by atoms with Gasteiger partial charge in [-0.25, -0.2) is 0 Å². The van der Waals surface area contributed by atoms with Crippen LogP contribution in [0.3, 0.4) is 0 Å². The molecule has 0 radical (unpaired) electrons. The highest BCUT2D eigenvalue weighted by Gasteiger charge is 2.26. The van der Waals surface area contributed by atoms with E-state index in [0.29, 0.717) is 23.7 Å². The van der Waals surface area contributed by atoms with E-state index in [2.05, 4.69) is 0 Å². The summed E-state index contributed by atoms with van der Waals surface area (Å²) in [5.74, 6) is -0.0465. The monoisotopic (exact) mass is 284 g/mol. The lowest BCUT2D eigenvalue weighted by molar-refractivity contribution is -0.140. The van der Waals surface area contributed by atoms with Crippen molar-refractivity contribution in [1.29, 1.82) is 0 Å². The summed E-state index contributed by atoms with van der Waals surface area (Å²) in [5, 5.41) is 0.565. The molecule has 1 aliphatic heterocycles. The largest absolute Gasteiger partial charge is 0.399 e. The minimum absolute atomic E-state index is 0.0840. The maximum absolute atomic E-state index is 11.8. The van der Waals surface area contributed by atoms with E-state index < -0.39 is 0 Å². The summed E-state index contributed by atoms with van der Waals surface area (Å²) < 4.78 is 0. The number of carbonyl (C=O) groups excluding carboxylic acids is 2. The summed E-state index contributed by atoms with van der Waals surface area (Å²) in [6.07, 6.45) is 1.23. The molecule has 4 nitrogen and oxygen atoms in total. The summed E-state index contributed by atoms with van der Waals surface area (Å²) >= 11 is 7.30. The van der Waals surface area contributed by atoms with E-state index in [1.807, 2.05) is 0 Å². The fraction of sp³-hybridized carbons (Fsp3) is 0.333. The van der Waals surface area contributed by atoms with Crippen molar-refractivity contribution in [2.45, 2.75) is 17.7 Å². The molecule has 1 aromatic carbocycles. The van der Waals surface area contributed by atoms with E-state index in [4.69, 9.17) is 17.3 Å². The van der Waals surface area contributed by atoms with Gasteiger partial charge in [0.05, 0.1) is 10.8 Å². The van der Waals surface area contributed by atoms with Gasteiger partial charge in [-0.05, 0) is 24.6 Å². The van der Waals surface area contributed by atoms with Crippen molar-refractivity contribution < 1.29 is 9.59 Å². The lowest BCUT2D eigenvalue weighted by Crippen LogP contribution is -2.33. The van der Waals surface area contributed by atoms with Crippen LogP contribution in [0.1, 0.15) is 12.8 Å². The minimum atomic E-state index is -0.166. The molecule has 0 unspecified atom stereocenters. The number of thioether (sulfide) groups is 1. The molecule has 0 atom stereocenters. The summed E-state index contributed by atoms with van der Waals surface area (Å²) in [6, 6.07) is 5.13. The van der Waals surface area contributed by atoms with E-state index in [1.54, 1.807) is 18.2 Å². The molecular weight excluding hydrogens is 272 g/mol. The predicted octanol–water partition coefficient (Wildman–Crippen LogP) is 2.16. The van der Waals surface area contributed by atoms with Crippen LogP contribution < -0.4 is 5.73 Å². The van der Waals surface area contributed by atoms with Gasteiger partial charge in [0.15, 0.2) is 0 Å². The SMILES string of the molecule is Nc1ccc(Cl)c(SCC(=O)N2CCCC2=O)c1. The van der Waals surface area contributed by atoms with Gasteiger partial charge in [-0.2, -0.15) is 0 Å². The van der Waals surface area contributed by atoms with Crippen LogP contribution in [-0.4, -0.2) is 29.0 Å². The van der Waals surface area contributed by atoms with Crippen molar-refractivity contribution in [2.24, 2.45) is 0 Å². The Morgan fingerprint density at radius 1 is 1.50 bits per heavy atom. The molecular formula is C12H13ClN2O2S. The van der Waals surface area contributed by atoms with Gasteiger partial charge in [-0.15, -0.1) is 11.8 Å². The first kappa shape index (κ1) is 13.2. The van der Waals surface area contributed by atoms with Crippen LogP contribution in [0, 0.1) is 0 Å². The maximum Gasteiger partial charge on any atom is 0.239 e. The number of benzene rings is 1. The van der Waals surface area contributed by atoms with Crippen molar-refractivity contribution >= 4 is 40.9 Å². The first-order chi connectivity index (χ1) is 8.58. The average molecular weight is 285 g/mol. The molecule has 1 aromatic rings. The number of nitrogens with zero attached hydrogens (tertiary/aromatic N) is 1. The number of likely N-dealkylation sites (tertiary alicyclic amines) is 1. The predicted molar refractivity (Wildman–Crippen MR) is 72.5 cm³/mol. The zero-order chi connectivity index (χ0) is 13.1. The number of halogens is 1. The molecule has 2 rings (SSSR count). The van der Waals surface area contributed by atoms with Crippen LogP contribution in [0.5, 0.6) is 0 Å². The molecule has 0 aliphatic carbocycles. The molecule has 0 aromatic heterocycles. The van der Waals surface area contributed by atoms with E-state index in [1.165, 1.54) is 16.7 Å². The van der Waals surface area contributed by atoms with Gasteiger partial charge >= 0.3 is 0 Å². The number of rotatable bonds is 3. The van der Waals surface area contributed by atoms with Gasteiger partial charge in [-0.3, -0.25) is 14.5 Å². The lowest BCUT2D eigenvalue weighted by atomic mass is 10.3. The van der Waals surface area contributed by atoms with Crippen LogP contribution in [0.2, 0.25) is 5.02 Å². The Morgan fingerprint density at radius 3 is 2.94 bits per heavy atom. The van der Waals surface area contributed by atoms with Gasteiger partial charge in [0.1, 0.15) is 0 Å². The third-order valence-electron chi connectivity index (χ3n) is 2.68. The Kier molecular flexibility index (Phi) is 4.14. The first-order valence-corrected chi connectivity index (χ1v) is 6.95. The van der Waals surface area contributed by atoms with Gasteiger partial charge in [-0.1, -0.05) is 11.6 Å². The van der Waals surface area contributed by atoms with Crippen LogP contribution in [0.4, 0.5) is 5.69 Å². The number of hydrogen-bond donors (Lipinski definition) is 1. The summed E-state index contributed by atoms with van der Waals surface area (Å²) in [4.78, 5) is 25.3. The Bertz CT molecular complexity index is 493. The van der Waals surface area contributed by atoms with Crippen molar-refractivity contribution in [2.75, 3.05) is 18.0 Å². The minimum Gasteiger partial charge on any atom is -0.399 e. The van der Waals surface area contributed by atoms with E-state index in [-0.39, 0.29) is 17.6 Å². The second-order valence-corrected chi connectivity index (χ2v) is 5.45.